The third-order valence-corrected chi connectivity index (χ3v) is 10.3. The van der Waals surface area contributed by atoms with Crippen molar-refractivity contribution in [2.24, 2.45) is 17.8 Å². The number of hydrogen-bond acceptors (Lipinski definition) is 6. The number of rotatable bonds is 2. The lowest BCUT2D eigenvalue weighted by atomic mass is 9.68. The fourth-order valence-corrected chi connectivity index (χ4v) is 8.48. The van der Waals surface area contributed by atoms with Crippen LogP contribution in [0.4, 0.5) is 11.4 Å². The molecule has 7 rings (SSSR count). The maximum absolute atomic E-state index is 14.3. The zero-order valence-corrected chi connectivity index (χ0v) is 21.6. The normalized spacial score (nSPS) is 34.4. The lowest BCUT2D eigenvalue weighted by molar-refractivity contribution is -0.991. The SMILES string of the molecule is O=C([C@@H]1Cc2cc([NH+]([O-])O)ccc2N2CC3CC(Cn4c3cccc4=O)[C@@H]12)N1CCC2(O)CCCCC2C1. The molecule has 1 amide bonds. The summed E-state index contributed by atoms with van der Waals surface area (Å²) in [6.07, 6.45) is 5.99. The standard InChI is InChI=1S/C29H36N4O5/c34-26-6-3-5-24-19-12-20(16-31(24)26)27-23(14-18-13-22(33(37)38)7-8-25(18)32(27)15-19)28(35)30-11-10-29(36)9-2-1-4-21(29)17-30/h3,5-8,13,19-21,23,27,33,36-37H,1-2,4,9-12,14-17H2/t19?,20?,21?,23-,27+,29?/m1/s1. The van der Waals surface area contributed by atoms with Crippen molar-refractivity contribution in [2.45, 2.75) is 69.1 Å². The van der Waals surface area contributed by atoms with Crippen molar-refractivity contribution in [1.29, 1.82) is 0 Å². The van der Waals surface area contributed by atoms with Crippen molar-refractivity contribution >= 4 is 17.3 Å². The molecule has 0 radical (unpaired) electrons. The quantitative estimate of drug-likeness (QED) is 0.518. The Hall–Kier alpha value is -2.72. The van der Waals surface area contributed by atoms with Gasteiger partial charge in [-0.05, 0) is 55.7 Å². The molecule has 2 saturated heterocycles. The lowest BCUT2D eigenvalue weighted by Crippen LogP contribution is -2.99. The Balaban J connectivity index is 1.26. The van der Waals surface area contributed by atoms with E-state index in [1.165, 1.54) is 0 Å². The van der Waals surface area contributed by atoms with E-state index in [0.717, 1.165) is 49.0 Å². The molecule has 1 aromatic heterocycles. The Morgan fingerprint density at radius 1 is 1.11 bits per heavy atom. The van der Waals surface area contributed by atoms with Crippen LogP contribution in [0.3, 0.4) is 0 Å². The first-order chi connectivity index (χ1) is 18.3. The van der Waals surface area contributed by atoms with Gasteiger partial charge in [-0.3, -0.25) is 9.59 Å². The third kappa shape index (κ3) is 3.74. The number of amides is 1. The molecular weight excluding hydrogens is 484 g/mol. The molecule has 3 N–H and O–H groups in total. The van der Waals surface area contributed by atoms with Gasteiger partial charge in [0.1, 0.15) is 0 Å². The van der Waals surface area contributed by atoms with E-state index in [4.69, 9.17) is 0 Å². The Labute approximate surface area is 221 Å². The molecule has 1 aromatic carbocycles. The summed E-state index contributed by atoms with van der Waals surface area (Å²) in [6, 6.07) is 10.8. The van der Waals surface area contributed by atoms with E-state index in [2.05, 4.69) is 4.90 Å². The number of pyridine rings is 1. The molecular formula is C29H36N4O5. The number of hydrogen-bond donors (Lipinski definition) is 3. The van der Waals surface area contributed by atoms with Gasteiger partial charge in [0, 0.05) is 73.6 Å². The summed E-state index contributed by atoms with van der Waals surface area (Å²) in [5.41, 5.74) is 2.60. The van der Waals surface area contributed by atoms with Crippen molar-refractivity contribution in [3.05, 3.63) is 63.2 Å². The second-order valence-corrected chi connectivity index (χ2v) is 12.3. The van der Waals surface area contributed by atoms with Gasteiger partial charge >= 0.3 is 0 Å². The molecule has 1 saturated carbocycles. The van der Waals surface area contributed by atoms with Gasteiger partial charge in [-0.15, -0.1) is 0 Å². The average molecular weight is 521 g/mol. The molecule has 4 aliphatic heterocycles. The van der Waals surface area contributed by atoms with Crippen LogP contribution >= 0.6 is 0 Å². The van der Waals surface area contributed by atoms with E-state index in [1.54, 1.807) is 18.2 Å². The van der Waals surface area contributed by atoms with E-state index in [1.807, 2.05) is 27.7 Å². The van der Waals surface area contributed by atoms with Crippen LogP contribution in [0, 0.1) is 23.0 Å². The van der Waals surface area contributed by atoms with Gasteiger partial charge in [0.25, 0.3) is 5.56 Å². The maximum Gasteiger partial charge on any atom is 0.250 e. The minimum atomic E-state index is -0.964. The zero-order valence-electron chi connectivity index (χ0n) is 21.6. The van der Waals surface area contributed by atoms with E-state index in [9.17, 15) is 25.1 Å². The van der Waals surface area contributed by atoms with Crippen molar-refractivity contribution in [2.75, 3.05) is 24.5 Å². The number of piperidine rings is 2. The van der Waals surface area contributed by atoms with Crippen molar-refractivity contribution in [3.8, 4) is 0 Å². The van der Waals surface area contributed by atoms with E-state index < -0.39 is 10.8 Å². The first kappa shape index (κ1) is 24.3. The van der Waals surface area contributed by atoms with Gasteiger partial charge in [0.05, 0.1) is 11.5 Å². The van der Waals surface area contributed by atoms with Gasteiger partial charge in [-0.2, -0.15) is 5.23 Å². The van der Waals surface area contributed by atoms with Gasteiger partial charge in [0.2, 0.25) is 5.91 Å². The number of aromatic nitrogens is 1. The number of nitrogens with zero attached hydrogens (tertiary/aromatic N) is 3. The smallest absolute Gasteiger partial charge is 0.250 e. The molecule has 9 heteroatoms. The summed E-state index contributed by atoms with van der Waals surface area (Å²) in [6.45, 7) is 2.46. The van der Waals surface area contributed by atoms with Crippen LogP contribution < -0.4 is 15.7 Å². The zero-order chi connectivity index (χ0) is 26.2. The van der Waals surface area contributed by atoms with E-state index in [0.29, 0.717) is 39.0 Å². The summed E-state index contributed by atoms with van der Waals surface area (Å²) in [7, 11) is 0. The third-order valence-electron chi connectivity index (χ3n) is 10.3. The molecule has 7 atom stereocenters. The second kappa shape index (κ2) is 8.91. The van der Waals surface area contributed by atoms with Gasteiger partial charge in [-0.1, -0.05) is 18.9 Å². The number of anilines is 1. The van der Waals surface area contributed by atoms with Crippen LogP contribution in [0.1, 0.15) is 55.7 Å². The Bertz CT molecular complexity index is 1330. The minimum absolute atomic E-state index is 0.0171. The van der Waals surface area contributed by atoms with Crippen molar-refractivity contribution in [3.63, 3.8) is 0 Å². The highest BCUT2D eigenvalue weighted by molar-refractivity contribution is 5.83. The van der Waals surface area contributed by atoms with Gasteiger partial charge in [-0.25, -0.2) is 5.21 Å². The molecule has 5 unspecified atom stereocenters. The fourth-order valence-electron chi connectivity index (χ4n) is 8.48. The van der Waals surface area contributed by atoms with Gasteiger partial charge in [0.15, 0.2) is 5.69 Å². The van der Waals surface area contributed by atoms with Crippen molar-refractivity contribution in [1.82, 2.24) is 9.47 Å². The average Bonchev–Trinajstić information content (AvgIpc) is 2.92. The summed E-state index contributed by atoms with van der Waals surface area (Å²) in [5.74, 6) is 0.262. The largest absolute Gasteiger partial charge is 0.595 e. The molecule has 2 bridgehead atoms. The number of carbonyl (C=O) groups is 1. The molecule has 3 fully saturated rings. The van der Waals surface area contributed by atoms with Crippen molar-refractivity contribution < 1.29 is 20.3 Å². The predicted molar refractivity (Wildman–Crippen MR) is 140 cm³/mol. The lowest BCUT2D eigenvalue weighted by Gasteiger charge is -2.55. The summed E-state index contributed by atoms with van der Waals surface area (Å²) in [5, 5.41) is 31.7. The van der Waals surface area contributed by atoms with Crippen LogP contribution in [0.25, 0.3) is 0 Å². The Morgan fingerprint density at radius 3 is 2.82 bits per heavy atom. The fraction of sp³-hybridized carbons (Fsp3) is 0.586. The van der Waals surface area contributed by atoms with Gasteiger partial charge < -0.3 is 24.7 Å². The van der Waals surface area contributed by atoms with Crippen LogP contribution in [0.5, 0.6) is 0 Å². The molecule has 0 spiro atoms. The number of fused-ring (bicyclic) bond motifs is 9. The highest BCUT2D eigenvalue weighted by Crippen LogP contribution is 2.48. The first-order valence-corrected chi connectivity index (χ1v) is 14.2. The monoisotopic (exact) mass is 520 g/mol. The number of benzene rings is 1. The minimum Gasteiger partial charge on any atom is -0.595 e. The first-order valence-electron chi connectivity index (χ1n) is 14.2. The summed E-state index contributed by atoms with van der Waals surface area (Å²) in [4.78, 5) is 31.4. The van der Waals surface area contributed by atoms with Crippen LogP contribution in [-0.2, 0) is 17.8 Å². The number of carbonyl (C=O) groups excluding carboxylic acids is 1. The molecule has 5 aliphatic rings. The topological polar surface area (TPSA) is 114 Å². The highest BCUT2D eigenvalue weighted by Gasteiger charge is 2.51. The maximum atomic E-state index is 14.3. The van der Waals surface area contributed by atoms with E-state index >= 15 is 0 Å². The highest BCUT2D eigenvalue weighted by atomic mass is 16.8. The van der Waals surface area contributed by atoms with Crippen LogP contribution in [0.15, 0.2) is 41.2 Å². The summed E-state index contributed by atoms with van der Waals surface area (Å²) >= 11 is 0. The molecule has 5 heterocycles. The van der Waals surface area contributed by atoms with Crippen LogP contribution in [-0.4, -0.2) is 57.0 Å². The molecule has 2 aromatic rings. The molecule has 38 heavy (non-hydrogen) atoms. The summed E-state index contributed by atoms with van der Waals surface area (Å²) < 4.78 is 1.91. The van der Waals surface area contributed by atoms with E-state index in [-0.39, 0.29) is 46.9 Å². The van der Waals surface area contributed by atoms with Crippen LogP contribution in [0.2, 0.25) is 0 Å². The number of quaternary nitrogens is 1. The number of nitrogens with one attached hydrogen (secondary N) is 1. The Kier molecular flexibility index (Phi) is 5.70. The number of aliphatic hydroxyl groups is 1. The second-order valence-electron chi connectivity index (χ2n) is 12.3. The molecule has 202 valence electrons. The molecule has 1 aliphatic carbocycles. The Morgan fingerprint density at radius 2 is 1.97 bits per heavy atom. The molecule has 9 nitrogen and oxygen atoms in total. The predicted octanol–water partition coefficient (Wildman–Crippen LogP) is 1.57. The number of likely N-dealkylation sites (tertiary alicyclic amines) is 1.